The van der Waals surface area contributed by atoms with Crippen molar-refractivity contribution in [1.29, 1.82) is 0 Å². The molecule has 30 heavy (non-hydrogen) atoms. The second-order valence-corrected chi connectivity index (χ2v) is 8.84. The van der Waals surface area contributed by atoms with Gasteiger partial charge in [0, 0.05) is 37.0 Å². The van der Waals surface area contributed by atoms with Crippen molar-refractivity contribution >= 4 is 15.8 Å². The van der Waals surface area contributed by atoms with Crippen LogP contribution >= 0.6 is 0 Å². The number of nitrogen functional groups attached to an aromatic ring is 1. The molecule has 2 aromatic heterocycles. The number of ether oxygens (including phenoxy) is 1. The Morgan fingerprint density at radius 1 is 1.23 bits per heavy atom. The average Bonchev–Trinajstić information content (AvgIpc) is 3.25. The summed E-state index contributed by atoms with van der Waals surface area (Å²) in [6.45, 7) is 0.501. The van der Waals surface area contributed by atoms with Gasteiger partial charge < -0.3 is 10.5 Å². The number of hydrogen-bond donors (Lipinski definition) is 1. The Kier molecular flexibility index (Phi) is 5.35. The first-order valence-electron chi connectivity index (χ1n) is 9.25. The second kappa shape index (κ2) is 7.96. The molecule has 0 unspecified atom stereocenters. The molecule has 0 spiro atoms. The van der Waals surface area contributed by atoms with Crippen LogP contribution in [0.4, 0.5) is 10.2 Å². The molecule has 3 aromatic rings. The lowest BCUT2D eigenvalue weighted by Crippen LogP contribution is -2.29. The van der Waals surface area contributed by atoms with Gasteiger partial charge >= 0.3 is 0 Å². The van der Waals surface area contributed by atoms with Crippen molar-refractivity contribution in [3.8, 4) is 16.9 Å². The molecule has 1 aromatic carbocycles. The summed E-state index contributed by atoms with van der Waals surface area (Å²) in [5.41, 5.74) is 8.12. The first-order valence-corrected chi connectivity index (χ1v) is 10.7. The van der Waals surface area contributed by atoms with Crippen LogP contribution in [0.15, 0.2) is 53.9 Å². The lowest BCUT2D eigenvalue weighted by Gasteiger charge is -2.19. The fraction of sp³-hybridized carbons (Fsp3) is 0.250. The van der Waals surface area contributed by atoms with E-state index in [2.05, 4.69) is 15.0 Å². The first kappa shape index (κ1) is 20.2. The van der Waals surface area contributed by atoms with Crippen LogP contribution < -0.4 is 10.5 Å². The first-order chi connectivity index (χ1) is 14.4. The Labute approximate surface area is 173 Å². The van der Waals surface area contributed by atoms with E-state index >= 15 is 0 Å². The van der Waals surface area contributed by atoms with Crippen LogP contribution in [0.2, 0.25) is 0 Å². The topological polar surface area (TPSA) is 111 Å². The summed E-state index contributed by atoms with van der Waals surface area (Å²) in [5, 5.41) is 0. The van der Waals surface area contributed by atoms with E-state index in [1.165, 1.54) is 23.8 Å². The van der Waals surface area contributed by atoms with Gasteiger partial charge in [0.2, 0.25) is 10.0 Å². The maximum atomic E-state index is 13.7. The van der Waals surface area contributed by atoms with Gasteiger partial charge in [-0.25, -0.2) is 27.8 Å². The summed E-state index contributed by atoms with van der Waals surface area (Å²) in [5.74, 6) is -0.309. The van der Waals surface area contributed by atoms with E-state index in [0.29, 0.717) is 12.2 Å². The highest BCUT2D eigenvalue weighted by molar-refractivity contribution is 7.89. The average molecular weight is 429 g/mol. The molecule has 3 heterocycles. The minimum absolute atomic E-state index is 0.106. The van der Waals surface area contributed by atoms with Gasteiger partial charge in [-0.3, -0.25) is 0 Å². The molecule has 1 saturated heterocycles. The highest BCUT2D eigenvalue weighted by Gasteiger charge is 2.36. The summed E-state index contributed by atoms with van der Waals surface area (Å²) in [6, 6.07) is 6.99. The molecule has 0 radical (unpaired) electrons. The second-order valence-electron chi connectivity index (χ2n) is 6.93. The molecule has 10 heteroatoms. The van der Waals surface area contributed by atoms with E-state index in [-0.39, 0.29) is 29.7 Å². The van der Waals surface area contributed by atoms with E-state index in [0.717, 1.165) is 29.0 Å². The van der Waals surface area contributed by atoms with Crippen LogP contribution in [-0.2, 0) is 10.0 Å². The maximum absolute atomic E-state index is 13.7. The van der Waals surface area contributed by atoms with Gasteiger partial charge in [-0.1, -0.05) is 0 Å². The van der Waals surface area contributed by atoms with Gasteiger partial charge in [0.25, 0.3) is 0 Å². The molecule has 0 saturated carbocycles. The molecule has 1 fully saturated rings. The summed E-state index contributed by atoms with van der Waals surface area (Å²) >= 11 is 0. The number of halogens is 1. The Hall–Kier alpha value is -3.11. The van der Waals surface area contributed by atoms with Gasteiger partial charge in [0.15, 0.2) is 0 Å². The van der Waals surface area contributed by atoms with Crippen LogP contribution in [0.5, 0.6) is 5.75 Å². The van der Waals surface area contributed by atoms with Gasteiger partial charge in [0.05, 0.1) is 12.8 Å². The van der Waals surface area contributed by atoms with Crippen molar-refractivity contribution in [3.63, 3.8) is 0 Å². The highest BCUT2D eigenvalue weighted by Crippen LogP contribution is 2.36. The molecule has 0 amide bonds. The van der Waals surface area contributed by atoms with Crippen LogP contribution in [-0.4, -0.2) is 47.9 Å². The maximum Gasteiger partial charge on any atom is 0.246 e. The molecular formula is C20H20FN5O3S. The number of methoxy groups -OCH3 is 1. The highest BCUT2D eigenvalue weighted by atomic mass is 32.2. The fourth-order valence-corrected chi connectivity index (χ4v) is 5.33. The number of anilines is 1. The molecule has 2 N–H and O–H groups in total. The van der Waals surface area contributed by atoms with E-state index in [1.54, 1.807) is 24.5 Å². The minimum Gasteiger partial charge on any atom is -0.495 e. The van der Waals surface area contributed by atoms with E-state index in [4.69, 9.17) is 10.5 Å². The third-order valence-electron chi connectivity index (χ3n) is 5.12. The van der Waals surface area contributed by atoms with Gasteiger partial charge in [0.1, 0.15) is 28.6 Å². The largest absolute Gasteiger partial charge is 0.495 e. The predicted octanol–water partition coefficient (Wildman–Crippen LogP) is 2.45. The van der Waals surface area contributed by atoms with Crippen LogP contribution in [0, 0.1) is 5.82 Å². The quantitative estimate of drug-likeness (QED) is 0.663. The molecule has 4 rings (SSSR count). The third-order valence-corrected chi connectivity index (χ3v) is 7.00. The standard InChI is InChI=1S/C20H20FN5O3S/c1-29-17-3-2-15(21)9-18(17)30(27,28)26-7-5-14(11-26)20-16(10-23-12-25-20)13-4-6-24-19(22)8-13/h2-4,6,8-10,12,14H,5,7,11H2,1H3,(H2,22,24)/t14-/m1/s1. The lowest BCUT2D eigenvalue weighted by molar-refractivity contribution is 0.396. The number of hydrogen-bond acceptors (Lipinski definition) is 7. The minimum atomic E-state index is -3.93. The molecule has 0 bridgehead atoms. The SMILES string of the molecule is COc1ccc(F)cc1S(=O)(=O)N1CC[C@@H](c2ncncc2-c2ccnc(N)c2)C1. The molecule has 1 aliphatic rings. The number of pyridine rings is 1. The smallest absolute Gasteiger partial charge is 0.246 e. The normalized spacial score (nSPS) is 17.2. The Morgan fingerprint density at radius 3 is 2.83 bits per heavy atom. The van der Waals surface area contributed by atoms with Crippen LogP contribution in [0.3, 0.4) is 0 Å². The summed E-state index contributed by atoms with van der Waals surface area (Å²) in [4.78, 5) is 12.3. The summed E-state index contributed by atoms with van der Waals surface area (Å²) in [6.07, 6.45) is 5.30. The number of nitrogens with zero attached hydrogens (tertiary/aromatic N) is 4. The van der Waals surface area contributed by atoms with Gasteiger partial charge in [-0.15, -0.1) is 0 Å². The van der Waals surface area contributed by atoms with Crippen molar-refractivity contribution in [2.45, 2.75) is 17.2 Å². The summed E-state index contributed by atoms with van der Waals surface area (Å²) in [7, 11) is -2.58. The Morgan fingerprint density at radius 2 is 2.07 bits per heavy atom. The number of sulfonamides is 1. The summed E-state index contributed by atoms with van der Waals surface area (Å²) < 4.78 is 46.5. The van der Waals surface area contributed by atoms with Crippen molar-refractivity contribution in [1.82, 2.24) is 19.3 Å². The zero-order chi connectivity index (χ0) is 21.3. The third kappa shape index (κ3) is 3.71. The van der Waals surface area contributed by atoms with Crippen molar-refractivity contribution in [3.05, 3.63) is 60.6 Å². The van der Waals surface area contributed by atoms with Gasteiger partial charge in [-0.2, -0.15) is 4.31 Å². The number of rotatable bonds is 5. The van der Waals surface area contributed by atoms with Crippen LogP contribution in [0.25, 0.3) is 11.1 Å². The number of aromatic nitrogens is 3. The van der Waals surface area contributed by atoms with Gasteiger partial charge in [-0.05, 0) is 42.3 Å². The zero-order valence-electron chi connectivity index (χ0n) is 16.2. The lowest BCUT2D eigenvalue weighted by atomic mass is 9.96. The van der Waals surface area contributed by atoms with E-state index in [1.807, 2.05) is 0 Å². The van der Waals surface area contributed by atoms with Crippen molar-refractivity contribution < 1.29 is 17.5 Å². The molecular weight excluding hydrogens is 409 g/mol. The molecule has 0 aliphatic carbocycles. The van der Waals surface area contributed by atoms with Crippen LogP contribution in [0.1, 0.15) is 18.0 Å². The number of nitrogens with two attached hydrogens (primary N) is 1. The molecule has 1 aliphatic heterocycles. The van der Waals surface area contributed by atoms with Crippen molar-refractivity contribution in [2.75, 3.05) is 25.9 Å². The molecule has 1 atom stereocenters. The van der Waals surface area contributed by atoms with E-state index < -0.39 is 15.8 Å². The van der Waals surface area contributed by atoms with E-state index in [9.17, 15) is 12.8 Å². The van der Waals surface area contributed by atoms with Crippen molar-refractivity contribution in [2.24, 2.45) is 0 Å². The molecule has 8 nitrogen and oxygen atoms in total. The fourth-order valence-electron chi connectivity index (χ4n) is 3.66. The molecule has 156 valence electrons. The monoisotopic (exact) mass is 429 g/mol. The Balaban J connectivity index is 1.66. The predicted molar refractivity (Wildman–Crippen MR) is 109 cm³/mol. The zero-order valence-corrected chi connectivity index (χ0v) is 17.0. The number of benzene rings is 1. The Bertz CT molecular complexity index is 1190.